The van der Waals surface area contributed by atoms with Crippen LogP contribution in [0.25, 0.3) is 11.3 Å². The van der Waals surface area contributed by atoms with Gasteiger partial charge in [0.2, 0.25) is 0 Å². The predicted octanol–water partition coefficient (Wildman–Crippen LogP) is 2.81. The van der Waals surface area contributed by atoms with Gasteiger partial charge in [-0.25, -0.2) is 0 Å². The molecule has 9 nitrogen and oxygen atoms in total. The second-order valence-corrected chi connectivity index (χ2v) is 8.65. The van der Waals surface area contributed by atoms with Gasteiger partial charge in [0.1, 0.15) is 11.5 Å². The van der Waals surface area contributed by atoms with Crippen LogP contribution in [0.5, 0.6) is 11.5 Å². The molecule has 1 saturated heterocycles. The van der Waals surface area contributed by atoms with E-state index in [0.29, 0.717) is 43.3 Å². The molecule has 9 heteroatoms. The number of nitrogens with zero attached hydrogens (tertiary/aromatic N) is 5. The molecule has 0 N–H and O–H groups in total. The fourth-order valence-corrected chi connectivity index (χ4v) is 4.40. The number of rotatable bonds is 4. The third-order valence-corrected chi connectivity index (χ3v) is 6.30. The number of hydrogen-bond acceptors (Lipinski definition) is 7. The Morgan fingerprint density at radius 3 is 2.55 bits per heavy atom. The highest BCUT2D eigenvalue weighted by Crippen LogP contribution is 2.35. The lowest BCUT2D eigenvalue weighted by Crippen LogP contribution is -2.48. The van der Waals surface area contributed by atoms with Gasteiger partial charge in [-0.1, -0.05) is 5.16 Å². The third-order valence-electron chi connectivity index (χ3n) is 6.30. The molecule has 0 atom stereocenters. The number of hydrogen-bond donors (Lipinski definition) is 0. The van der Waals surface area contributed by atoms with E-state index < -0.39 is 0 Å². The summed E-state index contributed by atoms with van der Waals surface area (Å²) in [5, 5.41) is 8.64. The van der Waals surface area contributed by atoms with Crippen molar-refractivity contribution in [2.45, 2.75) is 26.8 Å². The molecule has 0 spiro atoms. The zero-order valence-electron chi connectivity index (χ0n) is 19.3. The largest absolute Gasteiger partial charge is 0.490 e. The maximum atomic E-state index is 13.5. The van der Waals surface area contributed by atoms with E-state index in [1.807, 2.05) is 44.0 Å². The van der Waals surface area contributed by atoms with E-state index in [0.717, 1.165) is 54.4 Å². The Kier molecular flexibility index (Phi) is 5.80. The van der Waals surface area contributed by atoms with Crippen LogP contribution in [0.4, 0.5) is 0 Å². The van der Waals surface area contributed by atoms with Gasteiger partial charge in [-0.3, -0.25) is 14.4 Å². The fourth-order valence-electron chi connectivity index (χ4n) is 4.40. The number of piperazine rings is 1. The lowest BCUT2D eigenvalue weighted by molar-refractivity contribution is 0.0628. The zero-order valence-corrected chi connectivity index (χ0v) is 19.3. The molecule has 1 aromatic carbocycles. The number of fused-ring (bicyclic) bond motifs is 1. The van der Waals surface area contributed by atoms with Crippen molar-refractivity contribution in [1.29, 1.82) is 0 Å². The monoisotopic (exact) mass is 451 g/mol. The van der Waals surface area contributed by atoms with Gasteiger partial charge in [0, 0.05) is 63.5 Å². The first-order chi connectivity index (χ1) is 16.0. The molecule has 33 heavy (non-hydrogen) atoms. The Hall–Kier alpha value is -3.33. The van der Waals surface area contributed by atoms with Gasteiger partial charge in [0.25, 0.3) is 5.91 Å². The number of carbonyl (C=O) groups excluding carboxylic acids is 1. The van der Waals surface area contributed by atoms with Crippen molar-refractivity contribution in [3.8, 4) is 22.8 Å². The van der Waals surface area contributed by atoms with Gasteiger partial charge in [-0.05, 0) is 32.0 Å². The van der Waals surface area contributed by atoms with E-state index >= 15 is 0 Å². The van der Waals surface area contributed by atoms with Crippen molar-refractivity contribution < 1.29 is 18.8 Å². The highest BCUT2D eigenvalue weighted by molar-refractivity contribution is 6.00. The summed E-state index contributed by atoms with van der Waals surface area (Å²) in [4.78, 5) is 17.7. The van der Waals surface area contributed by atoms with Gasteiger partial charge < -0.3 is 18.9 Å². The van der Waals surface area contributed by atoms with Crippen LogP contribution in [0.15, 0.2) is 28.9 Å². The van der Waals surface area contributed by atoms with E-state index in [1.165, 1.54) is 0 Å². The first-order valence-electron chi connectivity index (χ1n) is 11.4. The molecular weight excluding hydrogens is 422 g/mol. The van der Waals surface area contributed by atoms with Crippen molar-refractivity contribution >= 4 is 5.91 Å². The lowest BCUT2D eigenvalue weighted by atomic mass is 10.1. The maximum absolute atomic E-state index is 13.5. The number of benzene rings is 1. The average molecular weight is 452 g/mol. The van der Waals surface area contributed by atoms with Crippen molar-refractivity contribution in [3.05, 3.63) is 47.0 Å². The van der Waals surface area contributed by atoms with Crippen LogP contribution in [-0.2, 0) is 13.6 Å². The number of ether oxygens (including phenoxy) is 2. The first kappa shape index (κ1) is 21.5. The lowest BCUT2D eigenvalue weighted by Gasteiger charge is -2.34. The van der Waals surface area contributed by atoms with Crippen LogP contribution in [0.1, 0.15) is 33.8 Å². The Labute approximate surface area is 192 Å². The highest BCUT2D eigenvalue weighted by atomic mass is 16.5. The van der Waals surface area contributed by atoms with E-state index in [2.05, 4.69) is 15.2 Å². The van der Waals surface area contributed by atoms with Gasteiger partial charge >= 0.3 is 0 Å². The van der Waals surface area contributed by atoms with E-state index in [-0.39, 0.29) is 5.91 Å². The van der Waals surface area contributed by atoms with E-state index in [1.54, 1.807) is 10.9 Å². The molecule has 0 aliphatic carbocycles. The minimum Gasteiger partial charge on any atom is -0.490 e. The molecule has 0 saturated carbocycles. The Balaban J connectivity index is 1.31. The molecule has 3 aromatic rings. The molecule has 2 aliphatic heterocycles. The molecule has 0 unspecified atom stereocenters. The quantitative estimate of drug-likeness (QED) is 0.603. The smallest absolute Gasteiger partial charge is 0.257 e. The first-order valence-corrected chi connectivity index (χ1v) is 11.4. The molecule has 1 amide bonds. The molecule has 5 rings (SSSR count). The average Bonchev–Trinajstić information content (AvgIpc) is 3.25. The SMILES string of the molecule is Cc1noc(C)c1CN1CCN(C(=O)c2cn(C)nc2-c2ccc3c(c2)OCCCO3)CC1. The maximum Gasteiger partial charge on any atom is 0.257 e. The molecule has 174 valence electrons. The minimum absolute atomic E-state index is 0.00204. The molecule has 0 bridgehead atoms. The summed E-state index contributed by atoms with van der Waals surface area (Å²) in [7, 11) is 1.84. The highest BCUT2D eigenvalue weighted by Gasteiger charge is 2.27. The Morgan fingerprint density at radius 1 is 1.06 bits per heavy atom. The second-order valence-electron chi connectivity index (χ2n) is 8.65. The van der Waals surface area contributed by atoms with Gasteiger partial charge in [-0.15, -0.1) is 0 Å². The number of aromatic nitrogens is 3. The van der Waals surface area contributed by atoms with Crippen LogP contribution < -0.4 is 9.47 Å². The van der Waals surface area contributed by atoms with Crippen LogP contribution in [-0.4, -0.2) is 70.0 Å². The predicted molar refractivity (Wildman–Crippen MR) is 121 cm³/mol. The van der Waals surface area contributed by atoms with Crippen LogP contribution in [0, 0.1) is 13.8 Å². The van der Waals surface area contributed by atoms with Crippen molar-refractivity contribution in [2.24, 2.45) is 7.05 Å². The number of amides is 1. The molecule has 2 aliphatic rings. The Morgan fingerprint density at radius 2 is 1.82 bits per heavy atom. The summed E-state index contributed by atoms with van der Waals surface area (Å²) in [6.45, 7) is 8.89. The molecule has 4 heterocycles. The minimum atomic E-state index is 0.00204. The second kappa shape index (κ2) is 8.90. The molecule has 1 fully saturated rings. The summed E-state index contributed by atoms with van der Waals surface area (Å²) in [5.74, 6) is 2.29. The van der Waals surface area contributed by atoms with Crippen molar-refractivity contribution in [1.82, 2.24) is 24.7 Å². The third kappa shape index (κ3) is 4.32. The summed E-state index contributed by atoms with van der Waals surface area (Å²) < 4.78 is 18.6. The Bertz CT molecular complexity index is 1140. The van der Waals surface area contributed by atoms with Gasteiger partial charge in [-0.2, -0.15) is 5.10 Å². The summed E-state index contributed by atoms with van der Waals surface area (Å²) in [6, 6.07) is 5.75. The molecular formula is C24H29N5O4. The summed E-state index contributed by atoms with van der Waals surface area (Å²) in [6.07, 6.45) is 2.65. The molecule has 0 radical (unpaired) electrons. The van der Waals surface area contributed by atoms with E-state index in [4.69, 9.17) is 14.0 Å². The number of carbonyl (C=O) groups is 1. The van der Waals surface area contributed by atoms with Crippen LogP contribution >= 0.6 is 0 Å². The van der Waals surface area contributed by atoms with E-state index in [9.17, 15) is 4.79 Å². The standard InChI is InChI=1S/C24H29N5O4/c1-16-19(17(2)33-26-16)15-28-7-9-29(10-8-28)24(30)20-14-27(3)25-23(20)18-5-6-21-22(13-18)32-12-4-11-31-21/h5-6,13-14H,4,7-12,15H2,1-3H3. The van der Waals surface area contributed by atoms with Gasteiger partial charge in [0.15, 0.2) is 11.5 Å². The van der Waals surface area contributed by atoms with Crippen LogP contribution in [0.2, 0.25) is 0 Å². The fraction of sp³-hybridized carbons (Fsp3) is 0.458. The summed E-state index contributed by atoms with van der Waals surface area (Å²) in [5.41, 5.74) is 4.18. The zero-order chi connectivity index (χ0) is 22.9. The topological polar surface area (TPSA) is 85.9 Å². The molecule has 2 aromatic heterocycles. The van der Waals surface area contributed by atoms with Crippen molar-refractivity contribution in [3.63, 3.8) is 0 Å². The summed E-state index contributed by atoms with van der Waals surface area (Å²) >= 11 is 0. The van der Waals surface area contributed by atoms with Crippen LogP contribution in [0.3, 0.4) is 0 Å². The van der Waals surface area contributed by atoms with Crippen molar-refractivity contribution in [2.75, 3.05) is 39.4 Å². The number of aryl methyl sites for hydroxylation is 3. The normalized spacial score (nSPS) is 16.6. The van der Waals surface area contributed by atoms with Gasteiger partial charge in [0.05, 0.1) is 24.5 Å².